The molecular weight excluding hydrogens is 404 g/mol. The molecule has 2 rings (SSSR count). The summed E-state index contributed by atoms with van der Waals surface area (Å²) in [5.41, 5.74) is 1.19. The van der Waals surface area contributed by atoms with Gasteiger partial charge in [0.25, 0.3) is 0 Å². The molecule has 0 aromatic heterocycles. The summed E-state index contributed by atoms with van der Waals surface area (Å²) < 4.78 is 38.5. The Labute approximate surface area is 181 Å². The van der Waals surface area contributed by atoms with Crippen molar-refractivity contribution in [3.8, 4) is 5.75 Å². The molecule has 2 N–H and O–H groups in total. The third-order valence-electron chi connectivity index (χ3n) is 4.84. The van der Waals surface area contributed by atoms with Gasteiger partial charge in [-0.2, -0.15) is 0 Å². The van der Waals surface area contributed by atoms with Crippen LogP contribution in [-0.4, -0.2) is 77.6 Å². The van der Waals surface area contributed by atoms with Gasteiger partial charge in [0, 0.05) is 26.7 Å². The monoisotopic (exact) mass is 440 g/mol. The maximum Gasteiger partial charge on any atom is 0.213 e. The average Bonchev–Trinajstić information content (AvgIpc) is 2.74. The van der Waals surface area contributed by atoms with Crippen LogP contribution in [0.25, 0.3) is 0 Å². The molecule has 1 aliphatic rings. The lowest BCUT2D eigenvalue weighted by Gasteiger charge is -2.23. The first kappa shape index (κ1) is 24.4. The molecule has 8 nitrogen and oxygen atoms in total. The van der Waals surface area contributed by atoms with Gasteiger partial charge in [0.05, 0.1) is 24.9 Å². The van der Waals surface area contributed by atoms with E-state index in [1.807, 2.05) is 50.1 Å². The summed E-state index contributed by atoms with van der Waals surface area (Å²) in [6.45, 7) is 7.09. The highest BCUT2D eigenvalue weighted by atomic mass is 32.2. The number of nitrogens with zero attached hydrogens (tertiary/aromatic N) is 2. The first-order valence-corrected chi connectivity index (χ1v) is 12.3. The van der Waals surface area contributed by atoms with Crippen LogP contribution in [0.1, 0.15) is 31.7 Å². The Morgan fingerprint density at radius 3 is 2.73 bits per heavy atom. The Morgan fingerprint density at radius 1 is 1.30 bits per heavy atom. The highest BCUT2D eigenvalue weighted by molar-refractivity contribution is 7.89. The number of rotatable bonds is 11. The lowest BCUT2D eigenvalue weighted by molar-refractivity contribution is 0.0200. The highest BCUT2D eigenvalue weighted by Gasteiger charge is 2.17. The Kier molecular flexibility index (Phi) is 10.4. The molecule has 1 aliphatic heterocycles. The fourth-order valence-electron chi connectivity index (χ4n) is 3.04. The van der Waals surface area contributed by atoms with Crippen LogP contribution in [0, 0.1) is 6.92 Å². The molecule has 9 heteroatoms. The van der Waals surface area contributed by atoms with E-state index in [1.165, 1.54) is 5.56 Å². The number of benzene rings is 1. The van der Waals surface area contributed by atoms with Crippen molar-refractivity contribution < 1.29 is 17.9 Å². The smallest absolute Gasteiger partial charge is 0.213 e. The minimum Gasteiger partial charge on any atom is -0.492 e. The molecule has 1 aromatic rings. The normalized spacial score (nSPS) is 17.6. The maximum absolute atomic E-state index is 12.2. The van der Waals surface area contributed by atoms with Gasteiger partial charge in [-0.25, -0.2) is 13.1 Å². The van der Waals surface area contributed by atoms with Gasteiger partial charge in [-0.15, -0.1) is 0 Å². The first-order valence-electron chi connectivity index (χ1n) is 10.7. The number of nitrogens with one attached hydrogen (secondary N) is 2. The minimum atomic E-state index is -3.38. The van der Waals surface area contributed by atoms with Crippen molar-refractivity contribution in [2.45, 2.75) is 39.2 Å². The summed E-state index contributed by atoms with van der Waals surface area (Å²) >= 11 is 0. The molecule has 1 unspecified atom stereocenters. The molecule has 0 spiro atoms. The zero-order chi connectivity index (χ0) is 21.8. The van der Waals surface area contributed by atoms with Crippen LogP contribution in [0.5, 0.6) is 5.75 Å². The number of likely N-dealkylation sites (N-methyl/N-ethyl adjacent to an activating group) is 1. The topological polar surface area (TPSA) is 92.3 Å². The van der Waals surface area contributed by atoms with Gasteiger partial charge < -0.3 is 19.7 Å². The molecule has 1 heterocycles. The summed E-state index contributed by atoms with van der Waals surface area (Å²) in [5, 5.41) is 3.19. The van der Waals surface area contributed by atoms with Gasteiger partial charge in [-0.3, -0.25) is 4.99 Å². The van der Waals surface area contributed by atoms with E-state index in [0.29, 0.717) is 38.8 Å². The van der Waals surface area contributed by atoms with E-state index in [9.17, 15) is 8.42 Å². The largest absolute Gasteiger partial charge is 0.492 e. The second kappa shape index (κ2) is 12.8. The molecule has 0 saturated carbocycles. The number of aryl methyl sites for hydroxylation is 1. The number of sulfonamides is 1. The lowest BCUT2D eigenvalue weighted by Crippen LogP contribution is -2.41. The number of hydrogen-bond donors (Lipinski definition) is 2. The summed E-state index contributed by atoms with van der Waals surface area (Å²) in [7, 11) is -1.47. The van der Waals surface area contributed by atoms with Crippen LogP contribution in [0.3, 0.4) is 0 Å². The van der Waals surface area contributed by atoms with Crippen LogP contribution in [0.15, 0.2) is 29.3 Å². The van der Waals surface area contributed by atoms with Gasteiger partial charge >= 0.3 is 0 Å². The quantitative estimate of drug-likeness (QED) is 0.402. The zero-order valence-corrected chi connectivity index (χ0v) is 19.2. The van der Waals surface area contributed by atoms with Crippen molar-refractivity contribution in [2.75, 3.05) is 52.2 Å². The number of hydrogen-bond acceptors (Lipinski definition) is 5. The third-order valence-corrected chi connectivity index (χ3v) is 6.17. The minimum absolute atomic E-state index is 0.0194. The number of aliphatic imine (C=N–C) groups is 1. The maximum atomic E-state index is 12.2. The van der Waals surface area contributed by atoms with E-state index < -0.39 is 10.0 Å². The molecule has 1 saturated heterocycles. The van der Waals surface area contributed by atoms with Gasteiger partial charge in [0.15, 0.2) is 5.96 Å². The molecule has 1 aromatic carbocycles. The predicted octanol–water partition coefficient (Wildman–Crippen LogP) is 1.76. The molecule has 0 aliphatic carbocycles. The highest BCUT2D eigenvalue weighted by Crippen LogP contribution is 2.12. The van der Waals surface area contributed by atoms with Crippen LogP contribution in [0.2, 0.25) is 0 Å². The second-order valence-electron chi connectivity index (χ2n) is 7.47. The average molecular weight is 441 g/mol. The van der Waals surface area contributed by atoms with Gasteiger partial charge in [0.2, 0.25) is 10.0 Å². The third kappa shape index (κ3) is 9.32. The predicted molar refractivity (Wildman–Crippen MR) is 121 cm³/mol. The standard InChI is InChI=1S/C21H36N4O4S/c1-4-22-21(25(3)13-15-29-19-10-8-18(2)9-11-19)23-12-16-30(26,27)24-17-20-7-5-6-14-28-20/h8-11,20,24H,4-7,12-17H2,1-3H3,(H,22,23). The molecule has 0 amide bonds. The molecule has 1 fully saturated rings. The Morgan fingerprint density at radius 2 is 2.07 bits per heavy atom. The van der Waals surface area contributed by atoms with Gasteiger partial charge in [-0.05, 0) is 45.2 Å². The molecule has 1 atom stereocenters. The van der Waals surface area contributed by atoms with Crippen LogP contribution in [-0.2, 0) is 14.8 Å². The molecule has 30 heavy (non-hydrogen) atoms. The molecular formula is C21H36N4O4S. The molecule has 0 radical (unpaired) electrons. The van der Waals surface area contributed by atoms with Crippen molar-refractivity contribution in [1.82, 2.24) is 14.9 Å². The summed E-state index contributed by atoms with van der Waals surface area (Å²) in [5.74, 6) is 1.44. The molecule has 170 valence electrons. The summed E-state index contributed by atoms with van der Waals surface area (Å²) in [6, 6.07) is 7.93. The van der Waals surface area contributed by atoms with Crippen molar-refractivity contribution >= 4 is 16.0 Å². The van der Waals surface area contributed by atoms with Gasteiger partial charge in [-0.1, -0.05) is 17.7 Å². The number of ether oxygens (including phenoxy) is 2. The molecule has 0 bridgehead atoms. The Hall–Kier alpha value is -1.84. The Balaban J connectivity index is 1.76. The van der Waals surface area contributed by atoms with Gasteiger partial charge in [0.1, 0.15) is 12.4 Å². The first-order chi connectivity index (χ1) is 14.4. The lowest BCUT2D eigenvalue weighted by atomic mass is 10.1. The van der Waals surface area contributed by atoms with E-state index in [1.54, 1.807) is 0 Å². The van der Waals surface area contributed by atoms with Crippen LogP contribution >= 0.6 is 0 Å². The SMILES string of the molecule is CCNC(=NCCS(=O)(=O)NCC1CCCCO1)N(C)CCOc1ccc(C)cc1. The van der Waals surface area contributed by atoms with Crippen molar-refractivity contribution in [2.24, 2.45) is 4.99 Å². The van der Waals surface area contributed by atoms with Crippen molar-refractivity contribution in [3.05, 3.63) is 29.8 Å². The zero-order valence-electron chi connectivity index (χ0n) is 18.4. The van der Waals surface area contributed by atoms with Crippen molar-refractivity contribution in [3.63, 3.8) is 0 Å². The van der Waals surface area contributed by atoms with E-state index in [-0.39, 0.29) is 18.4 Å². The van der Waals surface area contributed by atoms with E-state index in [4.69, 9.17) is 9.47 Å². The van der Waals surface area contributed by atoms with Crippen LogP contribution in [0.4, 0.5) is 0 Å². The summed E-state index contributed by atoms with van der Waals surface area (Å²) in [6.07, 6.45) is 3.02. The van der Waals surface area contributed by atoms with E-state index in [2.05, 4.69) is 15.0 Å². The van der Waals surface area contributed by atoms with E-state index >= 15 is 0 Å². The van der Waals surface area contributed by atoms with Crippen LogP contribution < -0.4 is 14.8 Å². The Bertz CT molecular complexity index is 747. The fraction of sp³-hybridized carbons (Fsp3) is 0.667. The number of guanidine groups is 1. The second-order valence-corrected chi connectivity index (χ2v) is 9.40. The summed E-state index contributed by atoms with van der Waals surface area (Å²) in [4.78, 5) is 6.39. The fourth-order valence-corrected chi connectivity index (χ4v) is 3.96. The van der Waals surface area contributed by atoms with E-state index in [0.717, 1.165) is 25.0 Å². The van der Waals surface area contributed by atoms with Crippen molar-refractivity contribution in [1.29, 1.82) is 0 Å².